The molecule has 0 aliphatic rings. The topological polar surface area (TPSA) is 46.9 Å². The minimum Gasteiger partial charge on any atom is -0.378 e. The molecule has 1 heterocycles. The van der Waals surface area contributed by atoms with Crippen molar-refractivity contribution < 1.29 is 4.39 Å². The summed E-state index contributed by atoms with van der Waals surface area (Å²) in [4.78, 5) is 12.4. The Morgan fingerprint density at radius 2 is 1.92 bits per heavy atom. The van der Waals surface area contributed by atoms with Gasteiger partial charge < -0.3 is 5.32 Å². The molecule has 0 amide bonds. The van der Waals surface area contributed by atoms with Crippen molar-refractivity contribution in [2.24, 2.45) is 0 Å². The first-order valence-electron chi connectivity index (χ1n) is 7.83. The lowest BCUT2D eigenvalue weighted by atomic mass is 10.1. The van der Waals surface area contributed by atoms with Gasteiger partial charge in [0.15, 0.2) is 0 Å². The first kappa shape index (κ1) is 17.2. The number of nitrogens with zero attached hydrogens (tertiary/aromatic N) is 2. The molecular weight excluding hydrogens is 341 g/mol. The summed E-state index contributed by atoms with van der Waals surface area (Å²) in [7, 11) is 0. The average Bonchev–Trinajstić information content (AvgIpc) is 2.62. The summed E-state index contributed by atoms with van der Waals surface area (Å²) in [5.74, 6) is -0.262. The van der Waals surface area contributed by atoms with Crippen LogP contribution < -0.4 is 10.9 Å². The first-order valence-corrected chi connectivity index (χ1v) is 8.21. The maximum atomic E-state index is 13.6. The van der Waals surface area contributed by atoms with Crippen LogP contribution in [0.5, 0.6) is 0 Å². The van der Waals surface area contributed by atoms with Crippen molar-refractivity contribution in [2.75, 3.05) is 5.32 Å². The molecule has 4 nitrogen and oxygen atoms in total. The fourth-order valence-corrected chi connectivity index (χ4v) is 2.61. The van der Waals surface area contributed by atoms with E-state index in [0.29, 0.717) is 24.3 Å². The number of anilines is 1. The van der Waals surface area contributed by atoms with Crippen LogP contribution in [-0.4, -0.2) is 9.78 Å². The molecule has 6 heteroatoms. The Balaban J connectivity index is 1.76. The summed E-state index contributed by atoms with van der Waals surface area (Å²) in [5.41, 5.74) is 2.37. The second-order valence-corrected chi connectivity index (χ2v) is 6.14. The molecule has 0 unspecified atom stereocenters. The fraction of sp³-hybridized carbons (Fsp3) is 0.158. The highest BCUT2D eigenvalue weighted by atomic mass is 35.5. The molecular formula is C19H17ClFN3O. The fourth-order valence-electron chi connectivity index (χ4n) is 2.40. The summed E-state index contributed by atoms with van der Waals surface area (Å²) in [6.07, 6.45) is 1.51. The van der Waals surface area contributed by atoms with Gasteiger partial charge in [-0.1, -0.05) is 54.1 Å². The Labute approximate surface area is 149 Å². The molecule has 3 rings (SSSR count). The minimum atomic E-state index is -0.370. The predicted octanol–water partition coefficient (Wildman–Crippen LogP) is 4.00. The Morgan fingerprint density at radius 3 is 2.64 bits per heavy atom. The maximum absolute atomic E-state index is 13.6. The molecule has 0 aliphatic heterocycles. The molecule has 0 radical (unpaired) electrons. The molecule has 3 aromatic rings. The Hall–Kier alpha value is -2.66. The zero-order chi connectivity index (χ0) is 17.8. The van der Waals surface area contributed by atoms with Crippen LogP contribution in [0.4, 0.5) is 10.1 Å². The molecule has 0 bridgehead atoms. The smallest absolute Gasteiger partial charge is 0.287 e. The second kappa shape index (κ2) is 7.49. The summed E-state index contributed by atoms with van der Waals surface area (Å²) in [6, 6.07) is 14.5. The normalized spacial score (nSPS) is 10.7. The third kappa shape index (κ3) is 4.06. The van der Waals surface area contributed by atoms with Gasteiger partial charge in [0, 0.05) is 6.54 Å². The van der Waals surface area contributed by atoms with Gasteiger partial charge in [-0.2, -0.15) is 5.10 Å². The largest absolute Gasteiger partial charge is 0.378 e. The van der Waals surface area contributed by atoms with E-state index in [1.165, 1.54) is 16.9 Å². The number of benzene rings is 2. The van der Waals surface area contributed by atoms with Crippen LogP contribution in [0.3, 0.4) is 0 Å². The van der Waals surface area contributed by atoms with Crippen molar-refractivity contribution in [3.8, 4) is 0 Å². The van der Waals surface area contributed by atoms with Crippen molar-refractivity contribution in [1.82, 2.24) is 9.78 Å². The summed E-state index contributed by atoms with van der Waals surface area (Å²) >= 11 is 6.18. The van der Waals surface area contributed by atoms with Crippen molar-refractivity contribution in [3.63, 3.8) is 0 Å². The lowest BCUT2D eigenvalue weighted by Gasteiger charge is -2.11. The highest BCUT2D eigenvalue weighted by molar-refractivity contribution is 6.32. The van der Waals surface area contributed by atoms with Crippen molar-refractivity contribution in [3.05, 3.63) is 92.6 Å². The van der Waals surface area contributed by atoms with E-state index in [1.54, 1.807) is 13.0 Å². The molecule has 0 aliphatic carbocycles. The van der Waals surface area contributed by atoms with Gasteiger partial charge in [0.05, 0.1) is 18.4 Å². The first-order chi connectivity index (χ1) is 12.0. The van der Waals surface area contributed by atoms with Crippen LogP contribution in [0.2, 0.25) is 5.02 Å². The van der Waals surface area contributed by atoms with Crippen LogP contribution in [0.1, 0.15) is 16.7 Å². The highest BCUT2D eigenvalue weighted by Crippen LogP contribution is 2.17. The molecule has 1 aromatic heterocycles. The maximum Gasteiger partial charge on any atom is 0.287 e. The molecule has 0 saturated heterocycles. The summed E-state index contributed by atoms with van der Waals surface area (Å²) in [5, 5.41) is 7.26. The summed E-state index contributed by atoms with van der Waals surface area (Å²) in [6.45, 7) is 2.41. The minimum absolute atomic E-state index is 0.0681. The number of aryl methyl sites for hydroxylation is 1. The number of hydrogen-bond donors (Lipinski definition) is 1. The molecule has 2 aromatic carbocycles. The number of nitrogens with one attached hydrogen (secondary N) is 1. The highest BCUT2D eigenvalue weighted by Gasteiger charge is 2.10. The van der Waals surface area contributed by atoms with Crippen molar-refractivity contribution >= 4 is 17.3 Å². The van der Waals surface area contributed by atoms with Gasteiger partial charge in [-0.3, -0.25) is 4.79 Å². The van der Waals surface area contributed by atoms with Gasteiger partial charge in [0.1, 0.15) is 10.8 Å². The van der Waals surface area contributed by atoms with Gasteiger partial charge in [-0.25, -0.2) is 9.07 Å². The lowest BCUT2D eigenvalue weighted by molar-refractivity contribution is 0.616. The van der Waals surface area contributed by atoms with Crippen LogP contribution >= 0.6 is 11.6 Å². The van der Waals surface area contributed by atoms with Crippen molar-refractivity contribution in [2.45, 2.75) is 20.0 Å². The molecule has 0 atom stereocenters. The predicted molar refractivity (Wildman–Crippen MR) is 97.5 cm³/mol. The van der Waals surface area contributed by atoms with Crippen LogP contribution in [0.25, 0.3) is 0 Å². The van der Waals surface area contributed by atoms with Gasteiger partial charge in [-0.05, 0) is 29.7 Å². The molecule has 0 spiro atoms. The number of halogens is 2. The van der Waals surface area contributed by atoms with E-state index in [2.05, 4.69) is 10.4 Å². The zero-order valence-electron chi connectivity index (χ0n) is 13.7. The van der Waals surface area contributed by atoms with E-state index < -0.39 is 0 Å². The lowest BCUT2D eigenvalue weighted by Crippen LogP contribution is -2.24. The number of hydrogen-bond acceptors (Lipinski definition) is 3. The Bertz CT molecular complexity index is 941. The SMILES string of the molecule is Cc1ccc(CNc2cnn(Cc3ccccc3)c(=O)c2Cl)cc1F. The van der Waals surface area contributed by atoms with E-state index in [-0.39, 0.29) is 16.4 Å². The van der Waals surface area contributed by atoms with Gasteiger partial charge in [0.25, 0.3) is 5.56 Å². The van der Waals surface area contributed by atoms with Crippen LogP contribution in [-0.2, 0) is 13.1 Å². The standard InChI is InChI=1S/C19H17ClFN3O/c1-13-7-8-15(9-16(13)21)10-22-17-11-23-24(19(25)18(17)20)12-14-5-3-2-4-6-14/h2-9,11,22H,10,12H2,1H3. The van der Waals surface area contributed by atoms with E-state index >= 15 is 0 Å². The third-order valence-electron chi connectivity index (χ3n) is 3.88. The summed E-state index contributed by atoms with van der Waals surface area (Å²) < 4.78 is 14.9. The van der Waals surface area contributed by atoms with Gasteiger partial charge in [0.2, 0.25) is 0 Å². The number of aromatic nitrogens is 2. The molecule has 0 saturated carbocycles. The van der Waals surface area contributed by atoms with E-state index in [1.807, 2.05) is 36.4 Å². The van der Waals surface area contributed by atoms with E-state index in [0.717, 1.165) is 11.1 Å². The van der Waals surface area contributed by atoms with E-state index in [4.69, 9.17) is 11.6 Å². The van der Waals surface area contributed by atoms with E-state index in [9.17, 15) is 9.18 Å². The van der Waals surface area contributed by atoms with Crippen LogP contribution in [0, 0.1) is 12.7 Å². The molecule has 25 heavy (non-hydrogen) atoms. The quantitative estimate of drug-likeness (QED) is 0.750. The third-order valence-corrected chi connectivity index (χ3v) is 4.24. The zero-order valence-corrected chi connectivity index (χ0v) is 14.4. The molecule has 0 fully saturated rings. The monoisotopic (exact) mass is 357 g/mol. The second-order valence-electron chi connectivity index (χ2n) is 5.76. The van der Waals surface area contributed by atoms with Crippen LogP contribution in [0.15, 0.2) is 59.5 Å². The molecule has 128 valence electrons. The Morgan fingerprint density at radius 1 is 1.16 bits per heavy atom. The van der Waals surface area contributed by atoms with Gasteiger partial charge >= 0.3 is 0 Å². The van der Waals surface area contributed by atoms with Gasteiger partial charge in [-0.15, -0.1) is 0 Å². The average molecular weight is 358 g/mol. The molecule has 1 N–H and O–H groups in total. The number of rotatable bonds is 5. The Kier molecular flexibility index (Phi) is 5.14. The van der Waals surface area contributed by atoms with Crippen molar-refractivity contribution in [1.29, 1.82) is 0 Å².